The minimum atomic E-state index is -4.63. The molecule has 1 saturated heterocycles. The van der Waals surface area contributed by atoms with Crippen molar-refractivity contribution in [2.45, 2.75) is 38.8 Å². The Bertz CT molecular complexity index is 548. The van der Waals surface area contributed by atoms with Crippen molar-refractivity contribution >= 4 is 5.91 Å². The highest BCUT2D eigenvalue weighted by atomic mass is 19.4. The van der Waals surface area contributed by atoms with Crippen LogP contribution in [0.4, 0.5) is 13.2 Å². The maximum Gasteiger partial charge on any atom is 0.435 e. The molecule has 2 heterocycles. The highest BCUT2D eigenvalue weighted by molar-refractivity contribution is 5.95. The third-order valence-electron chi connectivity index (χ3n) is 4.40. The largest absolute Gasteiger partial charge is 0.435 e. The summed E-state index contributed by atoms with van der Waals surface area (Å²) < 4.78 is 39.5. The molecule has 1 aliphatic rings. The number of rotatable bonds is 6. The number of hydrogen-bond donors (Lipinski definition) is 1. The van der Waals surface area contributed by atoms with E-state index in [4.69, 9.17) is 0 Å². The molecule has 8 heteroatoms. The van der Waals surface area contributed by atoms with E-state index in [1.807, 2.05) is 0 Å². The summed E-state index contributed by atoms with van der Waals surface area (Å²) in [5.41, 5.74) is -1.56. The molecule has 1 fully saturated rings. The lowest BCUT2D eigenvalue weighted by atomic mass is 9.99. The molecule has 0 aliphatic carbocycles. The van der Waals surface area contributed by atoms with E-state index in [1.165, 1.54) is 19.9 Å². The Hall–Kier alpha value is -1.57. The number of nitrogens with zero attached hydrogens (tertiary/aromatic N) is 3. The van der Waals surface area contributed by atoms with Gasteiger partial charge in [0, 0.05) is 19.8 Å². The van der Waals surface area contributed by atoms with Gasteiger partial charge in [-0.2, -0.15) is 18.3 Å². The van der Waals surface area contributed by atoms with Crippen molar-refractivity contribution in [3.63, 3.8) is 0 Å². The Morgan fingerprint density at radius 1 is 1.33 bits per heavy atom. The second-order valence-corrected chi connectivity index (χ2v) is 6.55. The number of carbonyl (C=O) groups is 1. The number of halogens is 3. The van der Waals surface area contributed by atoms with Crippen molar-refractivity contribution in [2.75, 3.05) is 26.2 Å². The van der Waals surface area contributed by atoms with Gasteiger partial charge in [0.05, 0.1) is 5.56 Å². The molecule has 1 aliphatic heterocycles. The van der Waals surface area contributed by atoms with E-state index < -0.39 is 23.3 Å². The predicted octanol–water partition coefficient (Wildman–Crippen LogP) is 2.68. The van der Waals surface area contributed by atoms with Crippen molar-refractivity contribution in [1.29, 1.82) is 0 Å². The molecule has 0 aromatic carbocycles. The third-order valence-corrected chi connectivity index (χ3v) is 4.40. The average molecular weight is 346 g/mol. The van der Waals surface area contributed by atoms with E-state index in [0.29, 0.717) is 6.54 Å². The molecule has 1 aromatic rings. The van der Waals surface area contributed by atoms with Gasteiger partial charge in [-0.3, -0.25) is 9.48 Å². The Morgan fingerprint density at radius 2 is 2.00 bits per heavy atom. The second kappa shape index (κ2) is 8.00. The molecule has 1 N–H and O–H groups in total. The summed E-state index contributed by atoms with van der Waals surface area (Å²) >= 11 is 0. The highest BCUT2D eigenvalue weighted by Gasteiger charge is 2.38. The van der Waals surface area contributed by atoms with Gasteiger partial charge in [0.2, 0.25) is 0 Å². The number of alkyl halides is 3. The molecule has 0 bridgehead atoms. The molecule has 2 rings (SSSR count). The molecular weight excluding hydrogens is 321 g/mol. The van der Waals surface area contributed by atoms with Gasteiger partial charge in [-0.25, -0.2) is 0 Å². The van der Waals surface area contributed by atoms with Crippen LogP contribution < -0.4 is 5.32 Å². The average Bonchev–Trinajstić information content (AvgIpc) is 2.91. The Morgan fingerprint density at radius 3 is 2.62 bits per heavy atom. The number of unbranched alkanes of at least 4 members (excludes halogenated alkanes) is 1. The van der Waals surface area contributed by atoms with Crippen molar-refractivity contribution < 1.29 is 18.0 Å². The molecule has 0 radical (unpaired) electrons. The molecule has 5 nitrogen and oxygen atoms in total. The van der Waals surface area contributed by atoms with Crippen LogP contribution in [0, 0.1) is 5.92 Å². The Kier molecular flexibility index (Phi) is 6.26. The van der Waals surface area contributed by atoms with Crippen LogP contribution in [-0.2, 0) is 13.2 Å². The fourth-order valence-corrected chi connectivity index (χ4v) is 2.91. The van der Waals surface area contributed by atoms with E-state index >= 15 is 0 Å². The molecule has 0 unspecified atom stereocenters. The van der Waals surface area contributed by atoms with Gasteiger partial charge >= 0.3 is 6.18 Å². The second-order valence-electron chi connectivity index (χ2n) is 6.55. The van der Waals surface area contributed by atoms with E-state index in [-0.39, 0.29) is 0 Å². The summed E-state index contributed by atoms with van der Waals surface area (Å²) in [6.45, 7) is 5.83. The van der Waals surface area contributed by atoms with Gasteiger partial charge in [0.15, 0.2) is 5.69 Å². The molecule has 1 amide bonds. The molecule has 0 atom stereocenters. The zero-order valence-corrected chi connectivity index (χ0v) is 14.2. The zero-order valence-electron chi connectivity index (χ0n) is 14.2. The number of hydrogen-bond acceptors (Lipinski definition) is 3. The minimum absolute atomic E-state index is 0.370. The van der Waals surface area contributed by atoms with Crippen LogP contribution in [-0.4, -0.2) is 46.8 Å². The predicted molar refractivity (Wildman–Crippen MR) is 84.6 cm³/mol. The van der Waals surface area contributed by atoms with E-state index in [2.05, 4.69) is 22.2 Å². The maximum absolute atomic E-state index is 12.8. The third kappa shape index (κ3) is 5.22. The fourth-order valence-electron chi connectivity index (χ4n) is 2.91. The summed E-state index contributed by atoms with van der Waals surface area (Å²) in [4.78, 5) is 14.4. The molecule has 0 spiro atoms. The Labute approximate surface area is 140 Å². The summed E-state index contributed by atoms with van der Waals surface area (Å²) in [6, 6.07) is 0. The van der Waals surface area contributed by atoms with Crippen molar-refractivity contribution in [3.05, 3.63) is 17.5 Å². The SMILES string of the molecule is CC1CCN(CCCCNC(=O)c2cn(C)nc2C(F)(F)F)CC1. The molecule has 136 valence electrons. The lowest BCUT2D eigenvalue weighted by Gasteiger charge is -2.30. The van der Waals surface area contributed by atoms with Crippen LogP contribution >= 0.6 is 0 Å². The fraction of sp³-hybridized carbons (Fsp3) is 0.750. The van der Waals surface area contributed by atoms with Gasteiger partial charge in [-0.05, 0) is 51.2 Å². The van der Waals surface area contributed by atoms with Crippen molar-refractivity contribution in [3.8, 4) is 0 Å². The zero-order chi connectivity index (χ0) is 17.7. The van der Waals surface area contributed by atoms with Gasteiger partial charge in [-0.15, -0.1) is 0 Å². The topological polar surface area (TPSA) is 50.2 Å². The number of aryl methyl sites for hydroxylation is 1. The van der Waals surface area contributed by atoms with Crippen LogP contribution in [0.5, 0.6) is 0 Å². The quantitative estimate of drug-likeness (QED) is 0.806. The first-order valence-corrected chi connectivity index (χ1v) is 8.38. The normalized spacial score (nSPS) is 17.2. The molecule has 0 saturated carbocycles. The monoisotopic (exact) mass is 346 g/mol. The standard InChI is InChI=1S/C16H25F3N4O/c1-12-5-9-23(10-6-12)8-4-3-7-20-15(24)13-11-22(2)21-14(13)16(17,18)19/h11-12H,3-10H2,1-2H3,(H,20,24). The number of nitrogens with one attached hydrogen (secondary N) is 1. The number of amides is 1. The van der Waals surface area contributed by atoms with Gasteiger partial charge in [0.1, 0.15) is 0 Å². The van der Waals surface area contributed by atoms with Crippen LogP contribution in [0.3, 0.4) is 0 Å². The highest BCUT2D eigenvalue weighted by Crippen LogP contribution is 2.30. The smallest absolute Gasteiger partial charge is 0.352 e. The number of carbonyl (C=O) groups excluding carboxylic acids is 1. The summed E-state index contributed by atoms with van der Waals surface area (Å²) in [5.74, 6) is 0.0741. The van der Waals surface area contributed by atoms with E-state index in [9.17, 15) is 18.0 Å². The molecule has 24 heavy (non-hydrogen) atoms. The van der Waals surface area contributed by atoms with Crippen LogP contribution in [0.15, 0.2) is 6.20 Å². The maximum atomic E-state index is 12.8. The first-order chi connectivity index (χ1) is 11.3. The summed E-state index contributed by atoms with van der Waals surface area (Å²) in [7, 11) is 1.37. The van der Waals surface area contributed by atoms with E-state index in [0.717, 1.165) is 49.3 Å². The summed E-state index contributed by atoms with van der Waals surface area (Å²) in [5, 5.41) is 5.90. The Balaban J connectivity index is 1.72. The molecule has 1 aromatic heterocycles. The van der Waals surface area contributed by atoms with Gasteiger partial charge in [-0.1, -0.05) is 6.92 Å². The lowest BCUT2D eigenvalue weighted by Crippen LogP contribution is -2.34. The number of likely N-dealkylation sites (tertiary alicyclic amines) is 1. The van der Waals surface area contributed by atoms with Crippen LogP contribution in [0.2, 0.25) is 0 Å². The van der Waals surface area contributed by atoms with Crippen molar-refractivity contribution in [2.24, 2.45) is 13.0 Å². The van der Waals surface area contributed by atoms with Crippen LogP contribution in [0.1, 0.15) is 48.7 Å². The van der Waals surface area contributed by atoms with E-state index in [1.54, 1.807) is 0 Å². The first kappa shape index (κ1) is 18.8. The molecular formula is C16H25F3N4O. The van der Waals surface area contributed by atoms with Crippen LogP contribution in [0.25, 0.3) is 0 Å². The first-order valence-electron chi connectivity index (χ1n) is 8.38. The summed E-state index contributed by atoms with van der Waals surface area (Å²) in [6.07, 6.45) is 0.593. The van der Waals surface area contributed by atoms with Gasteiger partial charge < -0.3 is 10.2 Å². The lowest BCUT2D eigenvalue weighted by molar-refractivity contribution is -0.141. The minimum Gasteiger partial charge on any atom is -0.352 e. The number of piperidine rings is 1. The van der Waals surface area contributed by atoms with Crippen molar-refractivity contribution in [1.82, 2.24) is 20.0 Å². The number of aromatic nitrogens is 2. The van der Waals surface area contributed by atoms with Gasteiger partial charge in [0.25, 0.3) is 5.91 Å².